The number of phenols is 2. The number of aromatic hydroxyl groups is 2. The molecule has 2 aliphatic rings. The minimum Gasteiger partial charge on any atom is -0.507 e. The summed E-state index contributed by atoms with van der Waals surface area (Å²) in [6, 6.07) is 1.01. The molecule has 0 saturated carbocycles. The number of ether oxygens (including phenoxy) is 1. The second kappa shape index (κ2) is 13.8. The maximum absolute atomic E-state index is 12.7. The molecule has 0 bridgehead atoms. The van der Waals surface area contributed by atoms with Crippen LogP contribution < -0.4 is 0 Å². The van der Waals surface area contributed by atoms with Gasteiger partial charge >= 0.3 is 5.97 Å². The van der Waals surface area contributed by atoms with E-state index in [1.54, 1.807) is 6.08 Å². The zero-order chi connectivity index (χ0) is 25.0. The van der Waals surface area contributed by atoms with Gasteiger partial charge in [-0.15, -0.1) is 0 Å². The molecule has 3 rings (SSSR count). The number of fused-ring (bicyclic) bond motifs is 1. The number of hydrogen-bond acceptors (Lipinski definition) is 7. The minimum absolute atomic E-state index is 0.0184. The van der Waals surface area contributed by atoms with Crippen LogP contribution in [0.15, 0.2) is 35.5 Å². The second-order valence-electron chi connectivity index (χ2n) is 8.64. The highest BCUT2D eigenvalue weighted by molar-refractivity contribution is 6.33. The van der Waals surface area contributed by atoms with E-state index in [-0.39, 0.29) is 47.4 Å². The number of allylic oxidation sites excluding steroid dienone is 3. The standard InChI is InChI=1S/C26H33ClN2O6/c27-25-20-16-19(28-35-18-23(32)29-13-9-5-3-6-10-14-29)12-8-4-1-2-7-11-15-34-26(33)24(20)21(30)17-22(25)31/h2,7-8,12,17,30-31H,1,3-6,9-11,13-16,18H2/b7-2+,12-8+,28-19+. The molecule has 1 aromatic carbocycles. The van der Waals surface area contributed by atoms with E-state index in [0.717, 1.165) is 57.7 Å². The predicted molar refractivity (Wildman–Crippen MR) is 134 cm³/mol. The molecule has 1 amide bonds. The molecule has 0 atom stereocenters. The van der Waals surface area contributed by atoms with Crippen LogP contribution in [-0.2, 0) is 20.8 Å². The number of benzene rings is 1. The summed E-state index contributed by atoms with van der Waals surface area (Å²) in [6.07, 6.45) is 15.0. The molecule has 2 aliphatic heterocycles. The van der Waals surface area contributed by atoms with E-state index in [9.17, 15) is 19.8 Å². The van der Waals surface area contributed by atoms with Gasteiger partial charge in [0.2, 0.25) is 0 Å². The lowest BCUT2D eigenvalue weighted by atomic mass is 9.99. The van der Waals surface area contributed by atoms with Crippen molar-refractivity contribution in [3.63, 3.8) is 0 Å². The van der Waals surface area contributed by atoms with Crippen LogP contribution in [0.1, 0.15) is 67.3 Å². The summed E-state index contributed by atoms with van der Waals surface area (Å²) in [7, 11) is 0. The minimum atomic E-state index is -0.749. The van der Waals surface area contributed by atoms with Gasteiger partial charge in [-0.1, -0.05) is 54.2 Å². The zero-order valence-electron chi connectivity index (χ0n) is 19.9. The van der Waals surface area contributed by atoms with Gasteiger partial charge in [0, 0.05) is 25.6 Å². The highest BCUT2D eigenvalue weighted by atomic mass is 35.5. The Morgan fingerprint density at radius 2 is 1.71 bits per heavy atom. The largest absolute Gasteiger partial charge is 0.507 e. The Labute approximate surface area is 210 Å². The van der Waals surface area contributed by atoms with E-state index in [4.69, 9.17) is 21.2 Å². The van der Waals surface area contributed by atoms with E-state index >= 15 is 0 Å². The smallest absolute Gasteiger partial charge is 0.342 e. The normalized spacial score (nSPS) is 21.1. The van der Waals surface area contributed by atoms with Crippen molar-refractivity contribution in [1.29, 1.82) is 0 Å². The predicted octanol–water partition coefficient (Wildman–Crippen LogP) is 4.91. The first-order chi connectivity index (χ1) is 17.0. The van der Waals surface area contributed by atoms with Gasteiger partial charge < -0.3 is 24.7 Å². The van der Waals surface area contributed by atoms with Crippen LogP contribution in [-0.4, -0.2) is 59.0 Å². The maximum atomic E-state index is 12.7. The molecule has 0 aromatic heterocycles. The molecule has 2 N–H and O–H groups in total. The van der Waals surface area contributed by atoms with Crippen LogP contribution in [0.25, 0.3) is 0 Å². The Kier molecular flexibility index (Phi) is 10.5. The highest BCUT2D eigenvalue weighted by Crippen LogP contribution is 2.37. The Hall–Kier alpha value is -3.00. The van der Waals surface area contributed by atoms with E-state index < -0.39 is 11.7 Å². The number of cyclic esters (lactones) is 1. The lowest BCUT2D eigenvalue weighted by molar-refractivity contribution is -0.136. The van der Waals surface area contributed by atoms with E-state index in [1.165, 1.54) is 6.42 Å². The summed E-state index contributed by atoms with van der Waals surface area (Å²) in [4.78, 5) is 32.6. The van der Waals surface area contributed by atoms with Crippen molar-refractivity contribution in [3.05, 3.63) is 46.5 Å². The molecule has 190 valence electrons. The van der Waals surface area contributed by atoms with Crippen LogP contribution in [0.5, 0.6) is 11.5 Å². The lowest BCUT2D eigenvalue weighted by Crippen LogP contribution is -2.36. The van der Waals surface area contributed by atoms with Gasteiger partial charge in [0.15, 0.2) is 6.61 Å². The monoisotopic (exact) mass is 504 g/mol. The van der Waals surface area contributed by atoms with E-state index in [0.29, 0.717) is 12.1 Å². The van der Waals surface area contributed by atoms with Gasteiger partial charge in [0.25, 0.3) is 5.91 Å². The summed E-state index contributed by atoms with van der Waals surface area (Å²) < 4.78 is 5.29. The van der Waals surface area contributed by atoms with Gasteiger partial charge in [0.05, 0.1) is 17.3 Å². The quantitative estimate of drug-likeness (QED) is 0.344. The number of esters is 1. The van der Waals surface area contributed by atoms with Crippen molar-refractivity contribution in [2.24, 2.45) is 5.16 Å². The SMILES string of the molecule is O=C1OCC/C=C/CC/C=C/C(=N\OCC(=O)N2CCCCCCC2)Cc2c(Cl)c(O)cc(O)c21. The summed E-state index contributed by atoms with van der Waals surface area (Å²) in [6.45, 7) is 1.38. The number of hydrogen-bond donors (Lipinski definition) is 2. The van der Waals surface area contributed by atoms with Gasteiger partial charge in [-0.2, -0.15) is 0 Å². The highest BCUT2D eigenvalue weighted by Gasteiger charge is 2.24. The van der Waals surface area contributed by atoms with Crippen molar-refractivity contribution < 1.29 is 29.4 Å². The summed E-state index contributed by atoms with van der Waals surface area (Å²) >= 11 is 6.32. The molecule has 1 aromatic rings. The van der Waals surface area contributed by atoms with E-state index in [1.807, 2.05) is 23.1 Å². The number of amides is 1. The van der Waals surface area contributed by atoms with Gasteiger partial charge in [-0.3, -0.25) is 4.79 Å². The number of likely N-dealkylation sites (tertiary alicyclic amines) is 1. The molecule has 0 spiro atoms. The fraction of sp³-hybridized carbons (Fsp3) is 0.500. The lowest BCUT2D eigenvalue weighted by Gasteiger charge is -2.24. The number of carbonyl (C=O) groups excluding carboxylic acids is 2. The molecule has 0 radical (unpaired) electrons. The van der Waals surface area contributed by atoms with Crippen LogP contribution >= 0.6 is 11.6 Å². The van der Waals surface area contributed by atoms with Crippen molar-refractivity contribution >= 4 is 29.2 Å². The van der Waals surface area contributed by atoms with Gasteiger partial charge in [0.1, 0.15) is 17.1 Å². The van der Waals surface area contributed by atoms with Crippen LogP contribution in [0.4, 0.5) is 0 Å². The molecular formula is C26H33ClN2O6. The van der Waals surface area contributed by atoms with Crippen LogP contribution in [0.2, 0.25) is 5.02 Å². The maximum Gasteiger partial charge on any atom is 0.342 e. The molecule has 9 heteroatoms. The third kappa shape index (κ3) is 8.02. The number of rotatable bonds is 3. The van der Waals surface area contributed by atoms with Gasteiger partial charge in [-0.05, 0) is 43.7 Å². The molecule has 1 fully saturated rings. The molecule has 0 aliphatic carbocycles. The number of nitrogens with zero attached hydrogens (tertiary/aromatic N) is 2. The Balaban J connectivity index is 1.82. The third-order valence-electron chi connectivity index (χ3n) is 5.96. The number of oxime groups is 1. The zero-order valence-corrected chi connectivity index (χ0v) is 20.6. The Morgan fingerprint density at radius 3 is 2.49 bits per heavy atom. The first kappa shape index (κ1) is 26.6. The van der Waals surface area contributed by atoms with Crippen molar-refractivity contribution in [1.82, 2.24) is 4.90 Å². The van der Waals surface area contributed by atoms with Crippen molar-refractivity contribution in [2.75, 3.05) is 26.3 Å². The van der Waals surface area contributed by atoms with Crippen LogP contribution in [0.3, 0.4) is 0 Å². The molecule has 8 nitrogen and oxygen atoms in total. The topological polar surface area (TPSA) is 109 Å². The Morgan fingerprint density at radius 1 is 1.03 bits per heavy atom. The summed E-state index contributed by atoms with van der Waals surface area (Å²) in [5, 5.41) is 24.6. The first-order valence-electron chi connectivity index (χ1n) is 12.2. The number of carbonyl (C=O) groups is 2. The van der Waals surface area contributed by atoms with Crippen LogP contribution in [0, 0.1) is 0 Å². The second-order valence-corrected chi connectivity index (χ2v) is 9.02. The summed E-state index contributed by atoms with van der Waals surface area (Å²) in [5.41, 5.74) is 0.419. The average molecular weight is 505 g/mol. The number of phenolic OH excluding ortho intramolecular Hbond substituents is 2. The first-order valence-corrected chi connectivity index (χ1v) is 12.5. The fourth-order valence-corrected chi connectivity index (χ4v) is 4.29. The molecule has 2 heterocycles. The molecule has 1 saturated heterocycles. The van der Waals surface area contributed by atoms with E-state index in [2.05, 4.69) is 5.16 Å². The fourth-order valence-electron chi connectivity index (χ4n) is 4.08. The van der Waals surface area contributed by atoms with Crippen molar-refractivity contribution in [3.8, 4) is 11.5 Å². The molecule has 0 unspecified atom stereocenters. The van der Waals surface area contributed by atoms with Gasteiger partial charge in [-0.25, -0.2) is 4.79 Å². The molecular weight excluding hydrogens is 472 g/mol. The molecule has 35 heavy (non-hydrogen) atoms. The van der Waals surface area contributed by atoms with Crippen molar-refractivity contribution in [2.45, 2.75) is 57.8 Å². The Bertz CT molecular complexity index is 981. The summed E-state index contributed by atoms with van der Waals surface area (Å²) in [5.74, 6) is -1.67. The average Bonchev–Trinajstić information content (AvgIpc) is 2.80. The number of halogens is 1. The third-order valence-corrected chi connectivity index (χ3v) is 6.38.